The van der Waals surface area contributed by atoms with Crippen LogP contribution in [0, 0.1) is 5.92 Å². The first-order valence-corrected chi connectivity index (χ1v) is 5.33. The molecule has 1 saturated heterocycles. The molecule has 0 saturated carbocycles. The maximum atomic E-state index is 9.59. The van der Waals surface area contributed by atoms with E-state index >= 15 is 0 Å². The Labute approximate surface area is 85.1 Å². The zero-order valence-electron chi connectivity index (χ0n) is 8.89. The summed E-state index contributed by atoms with van der Waals surface area (Å²) in [6, 6.07) is 0. The van der Waals surface area contributed by atoms with E-state index in [-0.39, 0.29) is 6.10 Å². The fourth-order valence-corrected chi connectivity index (χ4v) is 1.98. The summed E-state index contributed by atoms with van der Waals surface area (Å²) >= 11 is 0. The number of aliphatic hydroxyl groups is 2. The smallest absolute Gasteiger partial charge is 0.135 e. The molecule has 14 heavy (non-hydrogen) atoms. The monoisotopic (exact) mass is 203 g/mol. The number of ether oxygens (including phenoxy) is 1. The van der Waals surface area contributed by atoms with Crippen LogP contribution >= 0.6 is 0 Å². The van der Waals surface area contributed by atoms with E-state index < -0.39 is 18.4 Å². The van der Waals surface area contributed by atoms with Crippen molar-refractivity contribution < 1.29 is 14.9 Å². The fraction of sp³-hybridized carbons (Fsp3) is 1.00. The quantitative estimate of drug-likeness (QED) is 0.611. The molecular formula is C10H21NO3. The van der Waals surface area contributed by atoms with Crippen LogP contribution < -0.4 is 5.73 Å². The van der Waals surface area contributed by atoms with Gasteiger partial charge in [0.25, 0.3) is 0 Å². The molecule has 0 aromatic rings. The second-order valence-corrected chi connectivity index (χ2v) is 4.25. The Bertz CT molecular complexity index is 177. The Balaban J connectivity index is 2.38. The van der Waals surface area contributed by atoms with E-state index in [0.717, 1.165) is 19.3 Å². The molecule has 4 N–H and O–H groups in total. The van der Waals surface area contributed by atoms with E-state index in [1.807, 2.05) is 0 Å². The molecule has 1 aliphatic rings. The van der Waals surface area contributed by atoms with E-state index in [1.54, 1.807) is 0 Å². The molecule has 1 heterocycles. The van der Waals surface area contributed by atoms with Gasteiger partial charge in [0, 0.05) is 0 Å². The lowest BCUT2D eigenvalue weighted by Crippen LogP contribution is -2.36. The summed E-state index contributed by atoms with van der Waals surface area (Å²) in [5.41, 5.74) is 5.48. The maximum Gasteiger partial charge on any atom is 0.135 e. The van der Waals surface area contributed by atoms with Gasteiger partial charge < -0.3 is 20.7 Å². The normalized spacial score (nSPS) is 40.1. The van der Waals surface area contributed by atoms with Gasteiger partial charge in [-0.2, -0.15) is 0 Å². The van der Waals surface area contributed by atoms with E-state index in [2.05, 4.69) is 13.8 Å². The van der Waals surface area contributed by atoms with Gasteiger partial charge in [-0.1, -0.05) is 26.7 Å². The Morgan fingerprint density at radius 1 is 1.36 bits per heavy atom. The van der Waals surface area contributed by atoms with Crippen LogP contribution in [-0.2, 0) is 4.74 Å². The summed E-state index contributed by atoms with van der Waals surface area (Å²) in [5, 5.41) is 19.0. The third-order valence-electron chi connectivity index (χ3n) is 2.82. The Hall–Kier alpha value is -0.160. The molecule has 0 bridgehead atoms. The van der Waals surface area contributed by atoms with Crippen molar-refractivity contribution in [3.63, 3.8) is 0 Å². The molecule has 1 fully saturated rings. The standard InChI is InChI=1S/C10H21NO3/c1-3-4-6(2)5-7-8(12)9(13)10(11)14-7/h6-10,12-13H,3-5,11H2,1-2H3/t6?,7-,8?,9?,10-/m1/s1. The van der Waals surface area contributed by atoms with Crippen molar-refractivity contribution in [2.24, 2.45) is 11.7 Å². The minimum atomic E-state index is -0.936. The molecule has 1 rings (SSSR count). The van der Waals surface area contributed by atoms with Gasteiger partial charge in [0.2, 0.25) is 0 Å². The minimum Gasteiger partial charge on any atom is -0.388 e. The van der Waals surface area contributed by atoms with E-state index in [0.29, 0.717) is 5.92 Å². The van der Waals surface area contributed by atoms with Gasteiger partial charge in [-0.3, -0.25) is 0 Å². The minimum absolute atomic E-state index is 0.304. The summed E-state index contributed by atoms with van der Waals surface area (Å²) in [4.78, 5) is 0. The van der Waals surface area contributed by atoms with Crippen molar-refractivity contribution >= 4 is 0 Å². The summed E-state index contributed by atoms with van der Waals surface area (Å²) < 4.78 is 5.28. The summed E-state index contributed by atoms with van der Waals surface area (Å²) in [6.45, 7) is 4.25. The van der Waals surface area contributed by atoms with Gasteiger partial charge in [-0.25, -0.2) is 0 Å². The summed E-state index contributed by atoms with van der Waals surface area (Å²) in [7, 11) is 0. The van der Waals surface area contributed by atoms with Crippen molar-refractivity contribution in [1.82, 2.24) is 0 Å². The van der Waals surface area contributed by atoms with Gasteiger partial charge in [0.15, 0.2) is 0 Å². The Morgan fingerprint density at radius 3 is 2.43 bits per heavy atom. The molecule has 4 heteroatoms. The van der Waals surface area contributed by atoms with Crippen molar-refractivity contribution in [3.8, 4) is 0 Å². The van der Waals surface area contributed by atoms with Crippen LogP contribution in [0.1, 0.15) is 33.1 Å². The molecule has 0 amide bonds. The molecule has 5 atom stereocenters. The highest BCUT2D eigenvalue weighted by molar-refractivity contribution is 4.88. The molecule has 0 aromatic heterocycles. The van der Waals surface area contributed by atoms with E-state index in [1.165, 1.54) is 0 Å². The first-order chi connectivity index (χ1) is 6.56. The Kier molecular flexibility index (Phi) is 4.31. The number of hydrogen-bond donors (Lipinski definition) is 3. The van der Waals surface area contributed by atoms with Crippen LogP contribution in [0.2, 0.25) is 0 Å². The van der Waals surface area contributed by atoms with Crippen molar-refractivity contribution in [3.05, 3.63) is 0 Å². The third-order valence-corrected chi connectivity index (χ3v) is 2.82. The molecule has 1 aliphatic heterocycles. The zero-order valence-corrected chi connectivity index (χ0v) is 8.89. The van der Waals surface area contributed by atoms with Crippen LogP contribution in [0.25, 0.3) is 0 Å². The van der Waals surface area contributed by atoms with Crippen LogP contribution in [-0.4, -0.2) is 34.8 Å². The van der Waals surface area contributed by atoms with Crippen molar-refractivity contribution in [2.75, 3.05) is 0 Å². The summed E-state index contributed by atoms with van der Waals surface area (Å²) in [5.74, 6) is 0.497. The predicted octanol–water partition coefficient (Wildman–Crippen LogP) is 0.218. The third kappa shape index (κ3) is 2.67. The Morgan fingerprint density at radius 2 is 2.00 bits per heavy atom. The zero-order chi connectivity index (χ0) is 10.7. The van der Waals surface area contributed by atoms with Crippen LogP contribution in [0.3, 0.4) is 0 Å². The first kappa shape index (κ1) is 11.9. The van der Waals surface area contributed by atoms with Gasteiger partial charge >= 0.3 is 0 Å². The van der Waals surface area contributed by atoms with Crippen LogP contribution in [0.15, 0.2) is 0 Å². The molecule has 3 unspecified atom stereocenters. The van der Waals surface area contributed by atoms with Crippen molar-refractivity contribution in [2.45, 2.75) is 57.6 Å². The number of rotatable bonds is 4. The SMILES string of the molecule is CCCC(C)C[C@H]1O[C@@H](N)C(O)C1O. The lowest BCUT2D eigenvalue weighted by molar-refractivity contribution is -0.00138. The van der Waals surface area contributed by atoms with Crippen LogP contribution in [0.4, 0.5) is 0 Å². The predicted molar refractivity (Wildman–Crippen MR) is 53.6 cm³/mol. The molecule has 0 aromatic carbocycles. The highest BCUT2D eigenvalue weighted by Crippen LogP contribution is 2.25. The van der Waals surface area contributed by atoms with E-state index in [9.17, 15) is 10.2 Å². The lowest BCUT2D eigenvalue weighted by atomic mass is 9.95. The van der Waals surface area contributed by atoms with Gasteiger partial charge in [-0.15, -0.1) is 0 Å². The molecule has 4 nitrogen and oxygen atoms in total. The largest absolute Gasteiger partial charge is 0.388 e. The molecule has 0 aliphatic carbocycles. The van der Waals surface area contributed by atoms with Crippen molar-refractivity contribution in [1.29, 1.82) is 0 Å². The first-order valence-electron chi connectivity index (χ1n) is 5.33. The lowest BCUT2D eigenvalue weighted by Gasteiger charge is -2.18. The maximum absolute atomic E-state index is 9.59. The van der Waals surface area contributed by atoms with Gasteiger partial charge in [0.1, 0.15) is 18.4 Å². The molecular weight excluding hydrogens is 182 g/mol. The topological polar surface area (TPSA) is 75.7 Å². The number of aliphatic hydroxyl groups excluding tert-OH is 2. The average molecular weight is 203 g/mol. The molecule has 0 radical (unpaired) electrons. The number of nitrogens with two attached hydrogens (primary N) is 1. The van der Waals surface area contributed by atoms with Gasteiger partial charge in [0.05, 0.1) is 6.10 Å². The highest BCUT2D eigenvalue weighted by atomic mass is 16.6. The number of hydrogen-bond acceptors (Lipinski definition) is 4. The molecule has 0 spiro atoms. The fourth-order valence-electron chi connectivity index (χ4n) is 1.98. The second-order valence-electron chi connectivity index (χ2n) is 4.25. The average Bonchev–Trinajstić information content (AvgIpc) is 2.34. The van der Waals surface area contributed by atoms with Crippen LogP contribution in [0.5, 0.6) is 0 Å². The summed E-state index contributed by atoms with van der Waals surface area (Å²) in [6.07, 6.45) is 0.194. The second kappa shape index (κ2) is 5.07. The highest BCUT2D eigenvalue weighted by Gasteiger charge is 2.40. The van der Waals surface area contributed by atoms with Gasteiger partial charge in [-0.05, 0) is 12.3 Å². The molecule has 84 valence electrons. The van der Waals surface area contributed by atoms with E-state index in [4.69, 9.17) is 10.5 Å².